The quantitative estimate of drug-likeness (QED) is 0.259. The number of nitrogens with one attached hydrogen (secondary N) is 1. The molecule has 2 saturated heterocycles. The van der Waals surface area contributed by atoms with Crippen LogP contribution in [0.4, 0.5) is 0 Å². The molecule has 2 fully saturated rings. The highest BCUT2D eigenvalue weighted by molar-refractivity contribution is 7.62. The molecule has 4 aromatic rings. The lowest BCUT2D eigenvalue weighted by molar-refractivity contribution is 0.291. The molecule has 8 nitrogen and oxygen atoms in total. The van der Waals surface area contributed by atoms with E-state index >= 15 is 0 Å². The highest BCUT2D eigenvalue weighted by Crippen LogP contribution is 2.61. The lowest BCUT2D eigenvalue weighted by Gasteiger charge is -2.35. The smallest absolute Gasteiger partial charge is 0.260 e. The van der Waals surface area contributed by atoms with Crippen molar-refractivity contribution >= 4 is 19.4 Å². The average Bonchev–Trinajstić information content (AvgIpc) is 3.52. The summed E-state index contributed by atoms with van der Waals surface area (Å²) in [6.45, 7) is 3.57. The molecule has 4 aliphatic rings. The first kappa shape index (κ1) is 28.1. The number of nitrogens with zero attached hydrogens (tertiary/aromatic N) is 7. The van der Waals surface area contributed by atoms with E-state index in [0.717, 1.165) is 38.1 Å². The van der Waals surface area contributed by atoms with Gasteiger partial charge in [-0.05, 0) is 22.3 Å². The summed E-state index contributed by atoms with van der Waals surface area (Å²) >= 11 is 0. The van der Waals surface area contributed by atoms with Gasteiger partial charge in [-0.1, -0.05) is 121 Å². The molecule has 1 spiro atoms. The number of likely N-dealkylation sites (N-methyl/N-ethyl adjacent to an activating group) is 2. The van der Waals surface area contributed by atoms with E-state index in [1.165, 1.54) is 22.3 Å². The third-order valence-corrected chi connectivity index (χ3v) is 11.6. The van der Waals surface area contributed by atoms with Crippen molar-refractivity contribution in [3.63, 3.8) is 0 Å². The van der Waals surface area contributed by atoms with Crippen LogP contribution in [0.25, 0.3) is 0 Å². The zero-order valence-electron chi connectivity index (χ0n) is 25.8. The summed E-state index contributed by atoms with van der Waals surface area (Å²) in [5.41, 5.74) is 4.88. The van der Waals surface area contributed by atoms with Crippen molar-refractivity contribution in [1.29, 1.82) is 0 Å². The Labute approximate surface area is 265 Å². The minimum atomic E-state index is -2.96. The van der Waals surface area contributed by atoms with Crippen LogP contribution < -0.4 is 5.09 Å². The minimum Gasteiger partial charge on any atom is -0.344 e. The maximum atomic E-state index is 5.87. The zero-order chi connectivity index (χ0) is 30.4. The van der Waals surface area contributed by atoms with Gasteiger partial charge in [0.1, 0.15) is 6.04 Å². The van der Waals surface area contributed by atoms with Gasteiger partial charge in [0.2, 0.25) is 11.9 Å². The number of fused-ring (bicyclic) bond motifs is 2. The molecule has 228 valence electrons. The lowest BCUT2D eigenvalue weighted by atomic mass is 9.93. The first-order chi connectivity index (χ1) is 22.1. The molecular formula is C36H39N8P. The lowest BCUT2D eigenvalue weighted by Crippen LogP contribution is -2.38. The molecule has 0 bridgehead atoms. The Morgan fingerprint density at radius 3 is 1.47 bits per heavy atom. The Morgan fingerprint density at radius 2 is 0.956 bits per heavy atom. The van der Waals surface area contributed by atoms with Gasteiger partial charge in [-0.25, -0.2) is 9.83 Å². The Bertz CT molecular complexity index is 1760. The van der Waals surface area contributed by atoms with Crippen LogP contribution in [-0.4, -0.2) is 71.8 Å². The molecule has 1 N–H and O–H groups in total. The summed E-state index contributed by atoms with van der Waals surface area (Å²) < 4.78 is 17.2. The first-order valence-electron chi connectivity index (χ1n) is 15.9. The topological polar surface area (TPSA) is 62.1 Å². The van der Waals surface area contributed by atoms with Gasteiger partial charge in [0.05, 0.1) is 18.1 Å². The highest BCUT2D eigenvalue weighted by Gasteiger charge is 2.47. The van der Waals surface area contributed by atoms with E-state index in [1.807, 2.05) is 0 Å². The number of hydrogen-bond donors (Lipinski definition) is 1. The number of guanidine groups is 2. The molecule has 0 amide bonds. The molecule has 0 unspecified atom stereocenters. The fraction of sp³-hybridized carbons (Fsp3) is 0.278. The second kappa shape index (κ2) is 11.5. The van der Waals surface area contributed by atoms with E-state index in [9.17, 15) is 0 Å². The van der Waals surface area contributed by atoms with Crippen LogP contribution in [0.5, 0.6) is 0 Å². The van der Waals surface area contributed by atoms with Gasteiger partial charge in [0, 0.05) is 40.3 Å². The first-order valence-corrected chi connectivity index (χ1v) is 17.5. The van der Waals surface area contributed by atoms with Gasteiger partial charge < -0.3 is 19.6 Å². The van der Waals surface area contributed by atoms with Gasteiger partial charge in [0.25, 0.3) is 7.51 Å². The molecule has 4 heterocycles. The number of hydrogen-bond acceptors (Lipinski definition) is 8. The van der Waals surface area contributed by atoms with Crippen molar-refractivity contribution in [3.8, 4) is 0 Å². The van der Waals surface area contributed by atoms with Gasteiger partial charge >= 0.3 is 0 Å². The van der Waals surface area contributed by atoms with E-state index < -0.39 is 7.51 Å². The van der Waals surface area contributed by atoms with Crippen LogP contribution in [0.15, 0.2) is 136 Å². The largest absolute Gasteiger partial charge is 0.344 e. The van der Waals surface area contributed by atoms with Crippen LogP contribution in [0.2, 0.25) is 0 Å². The number of benzene rings is 4. The predicted octanol–water partition coefficient (Wildman–Crippen LogP) is 6.72. The second-order valence-corrected chi connectivity index (χ2v) is 14.3. The fourth-order valence-electron chi connectivity index (χ4n) is 7.26. The van der Waals surface area contributed by atoms with Crippen LogP contribution in [0.1, 0.15) is 46.4 Å². The summed E-state index contributed by atoms with van der Waals surface area (Å²) in [4.78, 5) is 9.53. The van der Waals surface area contributed by atoms with Crippen LogP contribution in [0.3, 0.4) is 0 Å². The molecule has 0 aromatic heterocycles. The Balaban J connectivity index is 1.41. The van der Waals surface area contributed by atoms with E-state index in [4.69, 9.17) is 14.3 Å². The van der Waals surface area contributed by atoms with Crippen molar-refractivity contribution in [2.45, 2.75) is 24.2 Å². The van der Waals surface area contributed by atoms with Gasteiger partial charge in [-0.2, -0.15) is 9.53 Å². The van der Waals surface area contributed by atoms with E-state index in [2.05, 4.69) is 160 Å². The molecular weight excluding hydrogens is 575 g/mol. The monoisotopic (exact) mass is 614 g/mol. The van der Waals surface area contributed by atoms with Crippen molar-refractivity contribution in [2.24, 2.45) is 14.3 Å². The van der Waals surface area contributed by atoms with E-state index in [-0.39, 0.29) is 24.2 Å². The summed E-state index contributed by atoms with van der Waals surface area (Å²) in [5, 5.41) is 4.14. The van der Waals surface area contributed by atoms with Gasteiger partial charge in [-0.3, -0.25) is 0 Å². The summed E-state index contributed by atoms with van der Waals surface area (Å²) in [6, 6.07) is 43.0. The van der Waals surface area contributed by atoms with Gasteiger partial charge in [-0.15, -0.1) is 0 Å². The summed E-state index contributed by atoms with van der Waals surface area (Å²) in [5.74, 6) is 1.93. The Kier molecular flexibility index (Phi) is 7.19. The standard InChI is InChI=1S/C36H39N8P/c1-41-23-25-43-33(29-19-11-5-12-20-29)31(27-15-7-3-8-16-27)37-45(39-35(41)43)38-32(28-17-9-4-10-18-28)34(30-21-13-6-14-22-30)44-26-24-42(2)36(44)40-45/h3-22,31-34,37H,23-26H2,1-2H3/t31-,32-,33-,34-,45-/m0/s1. The highest BCUT2D eigenvalue weighted by atomic mass is 31.2. The molecule has 8 rings (SSSR count). The summed E-state index contributed by atoms with van der Waals surface area (Å²) in [6.07, 6.45) is 0. The van der Waals surface area contributed by atoms with Crippen LogP contribution in [-0.2, 0) is 0 Å². The molecule has 0 saturated carbocycles. The molecule has 4 aliphatic heterocycles. The third kappa shape index (κ3) is 5.02. The minimum absolute atomic E-state index is 0.0144. The SMILES string of the molecule is CN1CCN2C1=N[P@@]1(=N[C@@H](c3ccccc3)[C@@H]2c2ccccc2)N=C2N(C)CCN2[C@@H](c2ccccc2)[C@H](c2ccccc2)N1. The molecule has 5 atom stereocenters. The fourth-order valence-corrected chi connectivity index (χ4v) is 9.89. The molecule has 0 aliphatic carbocycles. The van der Waals surface area contributed by atoms with Crippen LogP contribution >= 0.6 is 7.51 Å². The third-order valence-electron chi connectivity index (χ3n) is 9.47. The Hall–Kier alpha value is -4.39. The molecule has 4 aromatic carbocycles. The van der Waals surface area contributed by atoms with Gasteiger partial charge in [0.15, 0.2) is 0 Å². The average molecular weight is 615 g/mol. The normalized spacial score (nSPS) is 27.7. The van der Waals surface area contributed by atoms with Crippen LogP contribution in [0, 0.1) is 0 Å². The van der Waals surface area contributed by atoms with Crippen molar-refractivity contribution in [3.05, 3.63) is 144 Å². The number of rotatable bonds is 4. The molecule has 9 heteroatoms. The molecule has 45 heavy (non-hydrogen) atoms. The second-order valence-electron chi connectivity index (χ2n) is 12.3. The van der Waals surface area contributed by atoms with Crippen molar-refractivity contribution in [1.82, 2.24) is 24.7 Å². The Morgan fingerprint density at radius 1 is 0.533 bits per heavy atom. The van der Waals surface area contributed by atoms with E-state index in [1.54, 1.807) is 0 Å². The zero-order valence-corrected chi connectivity index (χ0v) is 26.7. The molecule has 0 radical (unpaired) electrons. The van der Waals surface area contributed by atoms with Crippen molar-refractivity contribution < 1.29 is 0 Å². The van der Waals surface area contributed by atoms with Crippen molar-refractivity contribution in [2.75, 3.05) is 40.3 Å². The maximum absolute atomic E-state index is 5.87. The maximum Gasteiger partial charge on any atom is 0.260 e. The summed E-state index contributed by atoms with van der Waals surface area (Å²) in [7, 11) is 1.35. The predicted molar refractivity (Wildman–Crippen MR) is 183 cm³/mol. The van der Waals surface area contributed by atoms with E-state index in [0.29, 0.717) is 0 Å².